The molecule has 0 unspecified atom stereocenters. The zero-order valence-electron chi connectivity index (χ0n) is 33.8. The maximum atomic E-state index is 13.5. The Kier molecular flexibility index (Phi) is 13.1. The molecule has 2 saturated heterocycles. The van der Waals surface area contributed by atoms with Gasteiger partial charge in [0.1, 0.15) is 13.2 Å². The number of carbonyl (C=O) groups excluding carboxylic acids is 3. The number of aryl methyl sites for hydroxylation is 1. The highest BCUT2D eigenvalue weighted by atomic mass is 16.5. The van der Waals surface area contributed by atoms with Crippen LogP contribution >= 0.6 is 0 Å². The number of benzene rings is 3. The average molecular weight is 807 g/mol. The summed E-state index contributed by atoms with van der Waals surface area (Å²) in [6.07, 6.45) is 6.66. The minimum atomic E-state index is -0.311. The van der Waals surface area contributed by atoms with E-state index >= 15 is 0 Å². The number of esters is 1. The van der Waals surface area contributed by atoms with Gasteiger partial charge in [0, 0.05) is 44.3 Å². The molecule has 0 radical (unpaired) electrons. The van der Waals surface area contributed by atoms with Crippen LogP contribution in [0.1, 0.15) is 63.1 Å². The van der Waals surface area contributed by atoms with Gasteiger partial charge in [0.05, 0.1) is 82.2 Å². The molecule has 2 fully saturated rings. The molecule has 14 nitrogen and oxygen atoms in total. The van der Waals surface area contributed by atoms with Crippen LogP contribution < -0.4 is 18.9 Å². The van der Waals surface area contributed by atoms with E-state index in [2.05, 4.69) is 40.0 Å². The number of rotatable bonds is 18. The van der Waals surface area contributed by atoms with Crippen molar-refractivity contribution in [3.8, 4) is 23.0 Å². The second kappa shape index (κ2) is 18.7. The summed E-state index contributed by atoms with van der Waals surface area (Å²) >= 11 is 0. The highest BCUT2D eigenvalue weighted by Crippen LogP contribution is 2.40. The van der Waals surface area contributed by atoms with E-state index in [0.29, 0.717) is 91.3 Å². The quantitative estimate of drug-likeness (QED) is 0.0808. The number of aliphatic imine (C=N–C) groups is 2. The molecule has 0 N–H and O–H groups in total. The molecule has 0 aliphatic carbocycles. The normalized spacial score (nSPS) is 17.9. The van der Waals surface area contributed by atoms with Crippen LogP contribution in [-0.2, 0) is 38.6 Å². The molecule has 3 aromatic rings. The maximum Gasteiger partial charge on any atom is 0.307 e. The molecule has 0 saturated carbocycles. The molecule has 7 rings (SSSR count). The van der Waals surface area contributed by atoms with Gasteiger partial charge in [-0.15, -0.1) is 0 Å². The molecule has 2 atom stereocenters. The lowest BCUT2D eigenvalue weighted by molar-refractivity contribution is -0.141. The lowest BCUT2D eigenvalue weighted by Gasteiger charge is -2.20. The van der Waals surface area contributed by atoms with Crippen molar-refractivity contribution >= 4 is 41.6 Å². The van der Waals surface area contributed by atoms with Gasteiger partial charge < -0.3 is 43.0 Å². The molecule has 14 heteroatoms. The first-order chi connectivity index (χ1) is 28.6. The third kappa shape index (κ3) is 9.67. The average Bonchev–Trinajstić information content (AvgIpc) is 3.75. The summed E-state index contributed by atoms with van der Waals surface area (Å²) in [5.74, 6) is 1.23. The number of hydrogen-bond acceptors (Lipinski definition) is 12. The fraction of sp³-hybridized carbons (Fsp3) is 0.400. The highest BCUT2D eigenvalue weighted by Gasteiger charge is 2.35. The lowest BCUT2D eigenvalue weighted by Crippen LogP contribution is -2.35. The summed E-state index contributed by atoms with van der Waals surface area (Å²) in [7, 11) is 4.44. The van der Waals surface area contributed by atoms with Gasteiger partial charge in [-0.05, 0) is 60.6 Å². The van der Waals surface area contributed by atoms with Crippen molar-refractivity contribution in [3.05, 3.63) is 94.6 Å². The van der Waals surface area contributed by atoms with Gasteiger partial charge >= 0.3 is 5.97 Å². The number of hydrogen-bond donors (Lipinski definition) is 0. The molecule has 0 spiro atoms. The molecular weight excluding hydrogens is 757 g/mol. The van der Waals surface area contributed by atoms with Crippen molar-refractivity contribution in [1.29, 1.82) is 0 Å². The minimum Gasteiger partial charge on any atom is -0.493 e. The maximum absolute atomic E-state index is 13.5. The third-order valence-corrected chi connectivity index (χ3v) is 10.6. The van der Waals surface area contributed by atoms with E-state index in [1.165, 1.54) is 7.11 Å². The van der Waals surface area contributed by atoms with Crippen LogP contribution in [0.2, 0.25) is 0 Å². The van der Waals surface area contributed by atoms with E-state index in [9.17, 15) is 14.4 Å². The number of fused-ring (bicyclic) bond motifs is 4. The van der Waals surface area contributed by atoms with Gasteiger partial charge in [0.25, 0.3) is 11.8 Å². The number of amides is 2. The molecule has 4 heterocycles. The van der Waals surface area contributed by atoms with E-state index in [0.717, 1.165) is 40.7 Å². The van der Waals surface area contributed by atoms with Crippen molar-refractivity contribution < 1.29 is 47.5 Å². The van der Waals surface area contributed by atoms with Gasteiger partial charge in [-0.25, -0.2) is 0 Å². The SMILES string of the molecule is C=C1C[C@H]2C=Nc3cc(OCc4cc(CCCOCCOCCC(=O)OC)cc(COc5cc6c(cc5OC)C(=O)N5CC(=C)C[C@H]5C=N6)c4)c(OC)cc3C(=O)N2C1. The van der Waals surface area contributed by atoms with Gasteiger partial charge in [-0.3, -0.25) is 24.4 Å². The van der Waals surface area contributed by atoms with Gasteiger partial charge in [0.15, 0.2) is 23.0 Å². The zero-order chi connectivity index (χ0) is 41.5. The molecule has 0 aromatic heterocycles. The minimum absolute atomic E-state index is 0.116. The Bertz CT molecular complexity index is 2050. The van der Waals surface area contributed by atoms with Crippen LogP contribution in [0.4, 0.5) is 11.4 Å². The van der Waals surface area contributed by atoms with E-state index < -0.39 is 0 Å². The standard InChI is InChI=1S/C45H50N4O10/c1-28-13-33-22-46-37-20-41(39(53-3)18-35(37)44(51)48(33)24-28)58-26-31-15-30(7-6-9-56-11-12-57-10-8-43(50)55-5)16-32(17-31)27-59-42-21-38-36(19-40(42)54-4)45(52)49-25-29(2)14-34(49)23-47-38/h15-23,33-34H,1-2,6-14,24-27H2,3-5H3/t33-,34-/m0/s1. The Labute approximate surface area is 344 Å². The number of methoxy groups -OCH3 is 3. The number of carbonyl (C=O) groups is 3. The van der Waals surface area contributed by atoms with Crippen LogP contribution in [0.5, 0.6) is 23.0 Å². The van der Waals surface area contributed by atoms with E-state index in [1.54, 1.807) is 60.7 Å². The van der Waals surface area contributed by atoms with Crippen molar-refractivity contribution in [3.63, 3.8) is 0 Å². The fourth-order valence-corrected chi connectivity index (χ4v) is 7.64. The Morgan fingerprint density at radius 1 is 0.661 bits per heavy atom. The predicted molar refractivity (Wildman–Crippen MR) is 221 cm³/mol. The zero-order valence-corrected chi connectivity index (χ0v) is 33.8. The fourth-order valence-electron chi connectivity index (χ4n) is 7.64. The summed E-state index contributed by atoms with van der Waals surface area (Å²) in [4.78, 5) is 51.2. The Morgan fingerprint density at radius 3 is 1.64 bits per heavy atom. The summed E-state index contributed by atoms with van der Waals surface area (Å²) in [5.41, 5.74) is 6.79. The molecule has 4 aliphatic heterocycles. The lowest BCUT2D eigenvalue weighted by atomic mass is 10.0. The Morgan fingerprint density at radius 2 is 1.15 bits per heavy atom. The second-order valence-electron chi connectivity index (χ2n) is 14.9. The molecule has 4 aliphatic rings. The molecule has 3 aromatic carbocycles. The molecule has 59 heavy (non-hydrogen) atoms. The van der Waals surface area contributed by atoms with Crippen LogP contribution in [0.25, 0.3) is 0 Å². The van der Waals surface area contributed by atoms with Crippen LogP contribution in [0, 0.1) is 0 Å². The number of ether oxygens (including phenoxy) is 7. The topological polar surface area (TPSA) is 147 Å². The van der Waals surface area contributed by atoms with Crippen LogP contribution in [-0.4, -0.2) is 113 Å². The van der Waals surface area contributed by atoms with Crippen molar-refractivity contribution in [2.75, 3.05) is 60.8 Å². The largest absolute Gasteiger partial charge is 0.493 e. The molecule has 0 bridgehead atoms. The molecule has 310 valence electrons. The van der Waals surface area contributed by atoms with Crippen LogP contribution in [0.3, 0.4) is 0 Å². The smallest absolute Gasteiger partial charge is 0.307 e. The monoisotopic (exact) mass is 806 g/mol. The summed E-state index contributed by atoms with van der Waals surface area (Å²) in [6, 6.07) is 12.8. The van der Waals surface area contributed by atoms with Crippen molar-refractivity contribution in [2.24, 2.45) is 9.98 Å². The summed E-state index contributed by atoms with van der Waals surface area (Å²) in [6.45, 7) is 11.1. The van der Waals surface area contributed by atoms with Crippen LogP contribution in [0.15, 0.2) is 76.8 Å². The summed E-state index contributed by atoms with van der Waals surface area (Å²) in [5, 5.41) is 0. The van der Waals surface area contributed by atoms with E-state index in [4.69, 9.17) is 28.4 Å². The second-order valence-corrected chi connectivity index (χ2v) is 14.9. The van der Waals surface area contributed by atoms with Gasteiger partial charge in [-0.2, -0.15) is 0 Å². The van der Waals surface area contributed by atoms with E-state index in [1.807, 2.05) is 6.07 Å². The first-order valence-electron chi connectivity index (χ1n) is 19.7. The van der Waals surface area contributed by atoms with Crippen molar-refractivity contribution in [1.82, 2.24) is 9.80 Å². The molecule has 2 amide bonds. The third-order valence-electron chi connectivity index (χ3n) is 10.6. The summed E-state index contributed by atoms with van der Waals surface area (Å²) < 4.78 is 40.1. The predicted octanol–water partition coefficient (Wildman–Crippen LogP) is 6.36. The van der Waals surface area contributed by atoms with Crippen molar-refractivity contribution in [2.45, 2.75) is 57.4 Å². The number of nitrogens with zero attached hydrogens (tertiary/aromatic N) is 4. The Hall–Kier alpha value is -5.99. The van der Waals surface area contributed by atoms with E-state index in [-0.39, 0.29) is 56.1 Å². The highest BCUT2D eigenvalue weighted by molar-refractivity contribution is 6.04. The first kappa shape index (κ1) is 41.2. The molecular formula is C45H50N4O10. The van der Waals surface area contributed by atoms with Gasteiger partial charge in [0.2, 0.25) is 0 Å². The first-order valence-corrected chi connectivity index (χ1v) is 19.7. The Balaban J connectivity index is 1.07. The van der Waals surface area contributed by atoms with Gasteiger partial charge in [-0.1, -0.05) is 36.4 Å².